The highest BCUT2D eigenvalue weighted by Gasteiger charge is 2.33. The Morgan fingerprint density at radius 1 is 1.12 bits per heavy atom. The lowest BCUT2D eigenvalue weighted by Gasteiger charge is -2.11. The van der Waals surface area contributed by atoms with Gasteiger partial charge in [-0.2, -0.15) is 13.2 Å². The minimum Gasteiger partial charge on any atom is -0.462 e. The molecule has 0 aliphatic heterocycles. The van der Waals surface area contributed by atoms with Crippen molar-refractivity contribution in [3.8, 4) is 0 Å². The van der Waals surface area contributed by atoms with Gasteiger partial charge in [-0.3, -0.25) is 9.59 Å². The number of alkyl halides is 3. The number of carbonyl (C=O) groups is 3. The van der Waals surface area contributed by atoms with Crippen LogP contribution in [-0.4, -0.2) is 30.9 Å². The van der Waals surface area contributed by atoms with Crippen LogP contribution in [0.1, 0.15) is 25.0 Å². The zero-order valence-electron chi connectivity index (χ0n) is 13.0. The molecular formula is C16H15F3O5. The maximum Gasteiger partial charge on any atom is 0.416 e. The first-order valence-electron chi connectivity index (χ1n) is 6.88. The van der Waals surface area contributed by atoms with Gasteiger partial charge < -0.3 is 9.47 Å². The maximum atomic E-state index is 13.0. The molecular weight excluding hydrogens is 329 g/mol. The molecule has 1 aromatic carbocycles. The molecule has 0 unspecified atom stereocenters. The number of Topliss-reactive ketones (excluding diaryl/α,β-unsaturated/α-hetero) is 1. The Hall–Kier alpha value is -2.64. The fraction of sp³-hybridized carbons (Fsp3) is 0.312. The first-order valence-corrected chi connectivity index (χ1v) is 6.88. The maximum absolute atomic E-state index is 13.0. The molecule has 0 aliphatic rings. The number of ether oxygens (including phenoxy) is 2. The second kappa shape index (κ2) is 8.28. The van der Waals surface area contributed by atoms with E-state index in [1.54, 1.807) is 0 Å². The monoisotopic (exact) mass is 344 g/mol. The first-order chi connectivity index (χ1) is 11.2. The number of ketones is 1. The molecule has 0 heterocycles. The second-order valence-electron chi connectivity index (χ2n) is 4.57. The third-order valence-corrected chi connectivity index (χ3v) is 2.77. The Balaban J connectivity index is 3.29. The van der Waals surface area contributed by atoms with E-state index < -0.39 is 41.6 Å². The van der Waals surface area contributed by atoms with E-state index >= 15 is 0 Å². The zero-order valence-corrected chi connectivity index (χ0v) is 13.0. The van der Waals surface area contributed by atoms with E-state index in [0.29, 0.717) is 0 Å². The fourth-order valence-electron chi connectivity index (χ4n) is 1.74. The summed E-state index contributed by atoms with van der Waals surface area (Å²) in [7, 11) is 0. The molecule has 0 aliphatic carbocycles. The van der Waals surface area contributed by atoms with Crippen LogP contribution >= 0.6 is 0 Å². The highest BCUT2D eigenvalue weighted by atomic mass is 19.4. The third kappa shape index (κ3) is 5.53. The van der Waals surface area contributed by atoms with Crippen molar-refractivity contribution in [3.63, 3.8) is 0 Å². The van der Waals surface area contributed by atoms with Crippen LogP contribution in [0.2, 0.25) is 0 Å². The molecule has 0 radical (unpaired) electrons. The molecule has 0 bridgehead atoms. The number of carbonyl (C=O) groups excluding carboxylic acids is 3. The predicted molar refractivity (Wildman–Crippen MR) is 77.7 cm³/mol. The highest BCUT2D eigenvalue weighted by Crippen LogP contribution is 2.32. The van der Waals surface area contributed by atoms with E-state index in [4.69, 9.17) is 0 Å². The van der Waals surface area contributed by atoms with Gasteiger partial charge in [0.2, 0.25) is 5.78 Å². The van der Waals surface area contributed by atoms with Crippen molar-refractivity contribution in [2.24, 2.45) is 0 Å². The number of hydrogen-bond acceptors (Lipinski definition) is 5. The number of hydrogen-bond donors (Lipinski definition) is 0. The summed E-state index contributed by atoms with van der Waals surface area (Å²) >= 11 is 0. The third-order valence-electron chi connectivity index (χ3n) is 2.77. The van der Waals surface area contributed by atoms with Crippen LogP contribution in [0.15, 0.2) is 29.8 Å². The van der Waals surface area contributed by atoms with Crippen LogP contribution < -0.4 is 0 Å². The normalized spacial score (nSPS) is 11.8. The zero-order chi connectivity index (χ0) is 18.3. The molecule has 0 aromatic heterocycles. The minimum absolute atomic E-state index is 0.0715. The van der Waals surface area contributed by atoms with E-state index in [-0.39, 0.29) is 12.2 Å². The molecule has 0 amide bonds. The SMILES string of the molecule is CCOC(=O)C(=Cc1ccccc1C(F)(F)F)C(=O)COC(C)=O. The lowest BCUT2D eigenvalue weighted by atomic mass is 10.0. The van der Waals surface area contributed by atoms with Crippen LogP contribution in [-0.2, 0) is 30.0 Å². The molecule has 1 aromatic rings. The Kier molecular flexibility index (Phi) is 6.69. The van der Waals surface area contributed by atoms with Crippen LogP contribution in [0.5, 0.6) is 0 Å². The standard InChI is InChI=1S/C16H15F3O5/c1-3-23-15(22)12(14(21)9-24-10(2)20)8-11-6-4-5-7-13(11)16(17,18)19/h4-8H,3,9H2,1-2H3. The van der Waals surface area contributed by atoms with Crippen molar-refractivity contribution < 1.29 is 37.0 Å². The summed E-state index contributed by atoms with van der Waals surface area (Å²) in [5.74, 6) is -2.81. The summed E-state index contributed by atoms with van der Waals surface area (Å²) in [5.41, 5.74) is -2.01. The van der Waals surface area contributed by atoms with Gasteiger partial charge >= 0.3 is 18.1 Å². The number of esters is 2. The van der Waals surface area contributed by atoms with Crippen LogP contribution in [0.4, 0.5) is 13.2 Å². The Labute approximate surface area is 136 Å². The van der Waals surface area contributed by atoms with E-state index in [0.717, 1.165) is 25.1 Å². The van der Waals surface area contributed by atoms with Crippen LogP contribution in [0.25, 0.3) is 6.08 Å². The molecule has 0 fully saturated rings. The van der Waals surface area contributed by atoms with Gasteiger partial charge in [-0.05, 0) is 24.6 Å². The molecule has 1 rings (SSSR count). The van der Waals surface area contributed by atoms with E-state index in [1.807, 2.05) is 0 Å². The first kappa shape index (κ1) is 19.4. The van der Waals surface area contributed by atoms with Crippen molar-refractivity contribution in [3.05, 3.63) is 41.0 Å². The molecule has 8 heteroatoms. The summed E-state index contributed by atoms with van der Waals surface area (Å²) in [4.78, 5) is 34.6. The van der Waals surface area contributed by atoms with Gasteiger partial charge in [0.15, 0.2) is 6.61 Å². The van der Waals surface area contributed by atoms with Gasteiger partial charge in [-0.25, -0.2) is 4.79 Å². The summed E-state index contributed by atoms with van der Waals surface area (Å²) in [6, 6.07) is 4.46. The molecule has 0 saturated carbocycles. The van der Waals surface area contributed by atoms with E-state index in [9.17, 15) is 27.6 Å². The van der Waals surface area contributed by atoms with Gasteiger partial charge in [-0.15, -0.1) is 0 Å². The van der Waals surface area contributed by atoms with Gasteiger partial charge in [-0.1, -0.05) is 18.2 Å². The average Bonchev–Trinajstić information content (AvgIpc) is 2.49. The molecule has 0 N–H and O–H groups in total. The summed E-state index contributed by atoms with van der Waals surface area (Å²) < 4.78 is 48.2. The largest absolute Gasteiger partial charge is 0.462 e. The van der Waals surface area contributed by atoms with E-state index in [1.165, 1.54) is 19.1 Å². The van der Waals surface area contributed by atoms with Crippen LogP contribution in [0.3, 0.4) is 0 Å². The summed E-state index contributed by atoms with van der Waals surface area (Å²) in [5, 5.41) is 0. The van der Waals surface area contributed by atoms with Crippen molar-refractivity contribution in [2.75, 3.05) is 13.2 Å². The summed E-state index contributed by atoms with van der Waals surface area (Å²) in [6.07, 6.45) is -3.88. The van der Waals surface area contributed by atoms with Crippen molar-refractivity contribution in [1.82, 2.24) is 0 Å². The van der Waals surface area contributed by atoms with Gasteiger partial charge in [0.1, 0.15) is 5.57 Å². The lowest BCUT2D eigenvalue weighted by Crippen LogP contribution is -2.21. The second-order valence-corrected chi connectivity index (χ2v) is 4.57. The Bertz CT molecular complexity index is 662. The van der Waals surface area contributed by atoms with Gasteiger partial charge in [0.05, 0.1) is 12.2 Å². The van der Waals surface area contributed by atoms with Crippen molar-refractivity contribution >= 4 is 23.8 Å². The van der Waals surface area contributed by atoms with Crippen molar-refractivity contribution in [1.29, 1.82) is 0 Å². The van der Waals surface area contributed by atoms with Crippen molar-refractivity contribution in [2.45, 2.75) is 20.0 Å². The molecule has 24 heavy (non-hydrogen) atoms. The van der Waals surface area contributed by atoms with Gasteiger partial charge in [0, 0.05) is 6.92 Å². The quantitative estimate of drug-likeness (QED) is 0.343. The topological polar surface area (TPSA) is 69.7 Å². The average molecular weight is 344 g/mol. The molecule has 0 spiro atoms. The molecule has 0 saturated heterocycles. The van der Waals surface area contributed by atoms with Gasteiger partial charge in [0.25, 0.3) is 0 Å². The fourth-order valence-corrected chi connectivity index (χ4v) is 1.74. The molecule has 130 valence electrons. The molecule has 5 nitrogen and oxygen atoms in total. The summed E-state index contributed by atoms with van der Waals surface area (Å²) in [6.45, 7) is 1.70. The lowest BCUT2D eigenvalue weighted by molar-refractivity contribution is -0.147. The Morgan fingerprint density at radius 2 is 1.75 bits per heavy atom. The predicted octanol–water partition coefficient (Wildman–Crippen LogP) is 2.78. The number of benzene rings is 1. The smallest absolute Gasteiger partial charge is 0.416 e. The number of halogens is 3. The Morgan fingerprint density at radius 3 is 2.29 bits per heavy atom. The highest BCUT2D eigenvalue weighted by molar-refractivity contribution is 6.21. The van der Waals surface area contributed by atoms with E-state index in [2.05, 4.69) is 9.47 Å². The van der Waals surface area contributed by atoms with Crippen LogP contribution in [0, 0.1) is 0 Å². The number of rotatable bonds is 6. The molecule has 0 atom stereocenters. The minimum atomic E-state index is -4.66.